The first-order chi connectivity index (χ1) is 14.4. The number of aliphatic hydroxyl groups excluding tert-OH is 1. The predicted molar refractivity (Wildman–Crippen MR) is 126 cm³/mol. The van der Waals surface area contributed by atoms with Crippen LogP contribution in [0.4, 0.5) is 0 Å². The van der Waals surface area contributed by atoms with Gasteiger partial charge in [0.25, 0.3) is 0 Å². The Bertz CT molecular complexity index is 756. The number of rotatable bonds is 10. The zero-order valence-electron chi connectivity index (χ0n) is 20.8. The Morgan fingerprint density at radius 3 is 2.13 bits per heavy atom. The van der Waals surface area contributed by atoms with E-state index in [1.54, 1.807) is 34.5 Å². The molecule has 0 aromatic heterocycles. The second-order valence-corrected chi connectivity index (χ2v) is 13.9. The SMILES string of the molecule is COc1cc(CC(OC)OC)c(C(O)C#CC[C@@H](C)O[Si](C)(C)C(C)(C)C)c(OC)c1. The van der Waals surface area contributed by atoms with Crippen LogP contribution < -0.4 is 9.47 Å². The zero-order valence-corrected chi connectivity index (χ0v) is 21.8. The number of aliphatic hydroxyl groups is 1. The molecule has 0 fully saturated rings. The van der Waals surface area contributed by atoms with Gasteiger partial charge in [0.15, 0.2) is 14.6 Å². The Morgan fingerprint density at radius 2 is 1.65 bits per heavy atom. The fraction of sp³-hybridized carbons (Fsp3) is 0.667. The van der Waals surface area contributed by atoms with Crippen molar-refractivity contribution in [3.05, 3.63) is 23.3 Å². The second kappa shape index (κ2) is 11.9. The molecule has 176 valence electrons. The lowest BCUT2D eigenvalue weighted by atomic mass is 9.97. The maximum atomic E-state index is 10.9. The molecule has 0 aliphatic rings. The van der Waals surface area contributed by atoms with E-state index in [9.17, 15) is 5.11 Å². The molecular weight excluding hydrogens is 412 g/mol. The molecule has 6 nitrogen and oxygen atoms in total. The van der Waals surface area contributed by atoms with E-state index in [1.165, 1.54) is 0 Å². The average molecular weight is 453 g/mol. The van der Waals surface area contributed by atoms with Gasteiger partial charge >= 0.3 is 0 Å². The van der Waals surface area contributed by atoms with Gasteiger partial charge in [-0.15, -0.1) is 0 Å². The predicted octanol–water partition coefficient (Wildman–Crippen LogP) is 4.70. The fourth-order valence-electron chi connectivity index (χ4n) is 2.96. The van der Waals surface area contributed by atoms with Crippen LogP contribution in [-0.2, 0) is 20.3 Å². The molecule has 0 aliphatic carbocycles. The highest BCUT2D eigenvalue weighted by Gasteiger charge is 2.38. The minimum atomic E-state index is -1.86. The maximum absolute atomic E-state index is 10.9. The van der Waals surface area contributed by atoms with E-state index in [2.05, 4.69) is 45.7 Å². The summed E-state index contributed by atoms with van der Waals surface area (Å²) in [6, 6.07) is 3.58. The summed E-state index contributed by atoms with van der Waals surface area (Å²) in [5, 5.41) is 11.0. The van der Waals surface area contributed by atoms with Gasteiger partial charge in [-0.05, 0) is 36.7 Å². The molecule has 0 heterocycles. The highest BCUT2D eigenvalue weighted by atomic mass is 28.4. The Hall–Kier alpha value is -1.56. The van der Waals surface area contributed by atoms with E-state index in [-0.39, 0.29) is 11.1 Å². The van der Waals surface area contributed by atoms with Crippen molar-refractivity contribution in [2.45, 2.75) is 77.2 Å². The Balaban J connectivity index is 3.11. The fourth-order valence-corrected chi connectivity index (χ4v) is 4.40. The van der Waals surface area contributed by atoms with E-state index >= 15 is 0 Å². The van der Waals surface area contributed by atoms with Crippen molar-refractivity contribution in [1.29, 1.82) is 0 Å². The summed E-state index contributed by atoms with van der Waals surface area (Å²) in [6.45, 7) is 13.1. The van der Waals surface area contributed by atoms with Gasteiger partial charge < -0.3 is 28.5 Å². The minimum absolute atomic E-state index is 0.0100. The molecule has 1 aromatic rings. The standard InChI is InChI=1S/C24H40O6Si/c1-17(30-31(9,10)24(2,3)4)12-11-13-20(25)23-18(15-22(28-7)29-8)14-19(26-5)16-21(23)27-6/h14,16-17,20,22,25H,12,15H2,1-10H3/t17-,20?/m1/s1. The number of methoxy groups -OCH3 is 4. The van der Waals surface area contributed by atoms with Gasteiger partial charge in [-0.3, -0.25) is 0 Å². The third-order valence-corrected chi connectivity index (χ3v) is 10.4. The minimum Gasteiger partial charge on any atom is -0.497 e. The first-order valence-corrected chi connectivity index (χ1v) is 13.5. The smallest absolute Gasteiger partial charge is 0.192 e. The van der Waals surface area contributed by atoms with Crippen LogP contribution in [0.3, 0.4) is 0 Å². The molecular formula is C24H40O6Si. The summed E-state index contributed by atoms with van der Waals surface area (Å²) in [6.07, 6.45) is -0.543. The zero-order chi connectivity index (χ0) is 23.8. The van der Waals surface area contributed by atoms with Gasteiger partial charge in [0.05, 0.1) is 20.3 Å². The van der Waals surface area contributed by atoms with Gasteiger partial charge in [0.2, 0.25) is 0 Å². The van der Waals surface area contributed by atoms with Gasteiger partial charge in [0, 0.05) is 38.7 Å². The van der Waals surface area contributed by atoms with Crippen molar-refractivity contribution in [1.82, 2.24) is 0 Å². The lowest BCUT2D eigenvalue weighted by molar-refractivity contribution is -0.100. The lowest BCUT2D eigenvalue weighted by Gasteiger charge is -2.38. The van der Waals surface area contributed by atoms with Crippen LogP contribution >= 0.6 is 0 Å². The summed E-state index contributed by atoms with van der Waals surface area (Å²) < 4.78 is 27.9. The normalized spacial score (nSPS) is 14.1. The third-order valence-electron chi connectivity index (χ3n) is 5.77. The molecule has 1 rings (SSSR count). The quantitative estimate of drug-likeness (QED) is 0.315. The van der Waals surface area contributed by atoms with E-state index < -0.39 is 20.7 Å². The molecule has 0 radical (unpaired) electrons. The van der Waals surface area contributed by atoms with Crippen molar-refractivity contribution < 1.29 is 28.5 Å². The molecule has 1 aromatic carbocycles. The first-order valence-electron chi connectivity index (χ1n) is 10.5. The van der Waals surface area contributed by atoms with E-state index in [0.717, 1.165) is 5.56 Å². The van der Waals surface area contributed by atoms with Crippen molar-refractivity contribution in [3.63, 3.8) is 0 Å². The van der Waals surface area contributed by atoms with Crippen LogP contribution in [0.25, 0.3) is 0 Å². The van der Waals surface area contributed by atoms with Gasteiger partial charge in [0.1, 0.15) is 17.6 Å². The summed E-state index contributed by atoms with van der Waals surface area (Å²) >= 11 is 0. The number of hydrogen-bond donors (Lipinski definition) is 1. The molecule has 0 amide bonds. The number of benzene rings is 1. The van der Waals surface area contributed by atoms with Gasteiger partial charge in [-0.1, -0.05) is 32.6 Å². The second-order valence-electron chi connectivity index (χ2n) is 9.12. The Kier molecular flexibility index (Phi) is 10.5. The van der Waals surface area contributed by atoms with E-state index in [1.807, 2.05) is 13.0 Å². The highest BCUT2D eigenvalue weighted by molar-refractivity contribution is 6.74. The molecule has 1 N–H and O–H groups in total. The molecule has 2 atom stereocenters. The van der Waals surface area contributed by atoms with Crippen molar-refractivity contribution in [2.24, 2.45) is 0 Å². The van der Waals surface area contributed by atoms with Crippen molar-refractivity contribution in [2.75, 3.05) is 28.4 Å². The van der Waals surface area contributed by atoms with Gasteiger partial charge in [-0.2, -0.15) is 0 Å². The molecule has 0 saturated heterocycles. The number of ether oxygens (including phenoxy) is 4. The average Bonchev–Trinajstić information content (AvgIpc) is 2.69. The molecule has 7 heteroatoms. The lowest BCUT2D eigenvalue weighted by Crippen LogP contribution is -2.43. The van der Waals surface area contributed by atoms with E-state index in [4.69, 9.17) is 23.4 Å². The van der Waals surface area contributed by atoms with Crippen LogP contribution in [0.15, 0.2) is 12.1 Å². The third kappa shape index (κ3) is 7.81. The molecule has 0 aliphatic heterocycles. The van der Waals surface area contributed by atoms with Crippen LogP contribution in [0.1, 0.15) is 51.3 Å². The van der Waals surface area contributed by atoms with Crippen LogP contribution in [0.2, 0.25) is 18.1 Å². The van der Waals surface area contributed by atoms with E-state index in [0.29, 0.717) is 29.9 Å². The highest BCUT2D eigenvalue weighted by Crippen LogP contribution is 2.38. The Labute approximate surface area is 189 Å². The van der Waals surface area contributed by atoms with Crippen molar-refractivity contribution >= 4 is 8.32 Å². The van der Waals surface area contributed by atoms with Crippen LogP contribution in [0.5, 0.6) is 11.5 Å². The summed E-state index contributed by atoms with van der Waals surface area (Å²) in [5.41, 5.74) is 1.38. The maximum Gasteiger partial charge on any atom is 0.192 e. The van der Waals surface area contributed by atoms with Crippen molar-refractivity contribution in [3.8, 4) is 23.3 Å². The number of hydrogen-bond acceptors (Lipinski definition) is 6. The molecule has 0 spiro atoms. The monoisotopic (exact) mass is 452 g/mol. The van der Waals surface area contributed by atoms with Gasteiger partial charge in [-0.25, -0.2) is 0 Å². The molecule has 0 bridgehead atoms. The first kappa shape index (κ1) is 27.5. The summed E-state index contributed by atoms with van der Waals surface area (Å²) in [5.74, 6) is 7.18. The largest absolute Gasteiger partial charge is 0.497 e. The summed E-state index contributed by atoms with van der Waals surface area (Å²) in [7, 11) is 4.43. The molecule has 31 heavy (non-hydrogen) atoms. The Morgan fingerprint density at radius 1 is 1.03 bits per heavy atom. The molecule has 0 saturated carbocycles. The van der Waals surface area contributed by atoms with Crippen LogP contribution in [0, 0.1) is 11.8 Å². The topological polar surface area (TPSA) is 66.4 Å². The summed E-state index contributed by atoms with van der Waals surface area (Å²) in [4.78, 5) is 0. The van der Waals surface area contributed by atoms with Crippen LogP contribution in [-0.4, -0.2) is 54.3 Å². The molecule has 1 unspecified atom stereocenters.